The molecule has 0 bridgehead atoms. The number of aromatic nitrogens is 1. The zero-order valence-electron chi connectivity index (χ0n) is 17.7. The molecule has 0 spiro atoms. The predicted octanol–water partition coefficient (Wildman–Crippen LogP) is 4.40. The van der Waals surface area contributed by atoms with Crippen molar-refractivity contribution in [3.63, 3.8) is 0 Å². The number of piperidine rings is 1. The fraction of sp³-hybridized carbons (Fsp3) is 0.682. The number of hydrogen-bond acceptors (Lipinski definition) is 5. The molecule has 1 aromatic heterocycles. The smallest absolute Gasteiger partial charge is 0.420 e. The van der Waals surface area contributed by atoms with Gasteiger partial charge in [0.15, 0.2) is 5.58 Å². The van der Waals surface area contributed by atoms with E-state index < -0.39 is 0 Å². The Bertz CT molecular complexity index is 861. The van der Waals surface area contributed by atoms with Crippen molar-refractivity contribution in [3.05, 3.63) is 28.7 Å². The molecule has 6 nitrogen and oxygen atoms in total. The van der Waals surface area contributed by atoms with Crippen molar-refractivity contribution in [2.75, 3.05) is 26.8 Å². The van der Waals surface area contributed by atoms with Crippen LogP contribution >= 0.6 is 12.4 Å². The number of fused-ring (bicyclic) bond motifs is 1. The Labute approximate surface area is 178 Å². The molecule has 1 aliphatic carbocycles. The van der Waals surface area contributed by atoms with Crippen LogP contribution in [-0.4, -0.2) is 47.9 Å². The van der Waals surface area contributed by atoms with E-state index in [1.807, 2.05) is 22.8 Å². The van der Waals surface area contributed by atoms with Crippen molar-refractivity contribution in [1.29, 1.82) is 0 Å². The number of halogens is 1. The van der Waals surface area contributed by atoms with Gasteiger partial charge in [-0.15, -0.1) is 12.4 Å². The molecule has 1 aliphatic heterocycles. The van der Waals surface area contributed by atoms with E-state index in [0.717, 1.165) is 56.6 Å². The largest absolute Gasteiger partial charge is 0.497 e. The second-order valence-electron chi connectivity index (χ2n) is 8.44. The van der Waals surface area contributed by atoms with E-state index in [2.05, 4.69) is 18.7 Å². The highest BCUT2D eigenvalue weighted by molar-refractivity contribution is 5.85. The first-order valence-corrected chi connectivity index (χ1v) is 10.6. The maximum atomic E-state index is 12.5. The Balaban J connectivity index is 0.00000240. The van der Waals surface area contributed by atoms with E-state index in [-0.39, 0.29) is 29.7 Å². The van der Waals surface area contributed by atoms with Gasteiger partial charge in [0.25, 0.3) is 0 Å². The number of ether oxygens (including phenoxy) is 2. The summed E-state index contributed by atoms with van der Waals surface area (Å²) < 4.78 is 18.5. The Morgan fingerprint density at radius 2 is 1.86 bits per heavy atom. The molecule has 0 radical (unpaired) electrons. The number of nitrogens with zero attached hydrogens (tertiary/aromatic N) is 2. The minimum Gasteiger partial charge on any atom is -0.497 e. The molecule has 0 atom stereocenters. The van der Waals surface area contributed by atoms with Gasteiger partial charge in [0.2, 0.25) is 0 Å². The number of likely N-dealkylation sites (tertiary alicyclic amines) is 1. The number of benzene rings is 1. The molecule has 0 unspecified atom stereocenters. The highest BCUT2D eigenvalue weighted by Crippen LogP contribution is 2.38. The zero-order chi connectivity index (χ0) is 19.7. The predicted molar refractivity (Wildman–Crippen MR) is 116 cm³/mol. The van der Waals surface area contributed by atoms with Crippen LogP contribution in [-0.2, 0) is 4.74 Å². The molecule has 162 valence electrons. The number of oxazole rings is 1. The van der Waals surface area contributed by atoms with Crippen molar-refractivity contribution in [2.45, 2.75) is 70.1 Å². The van der Waals surface area contributed by atoms with Gasteiger partial charge in [0.1, 0.15) is 5.75 Å². The van der Waals surface area contributed by atoms with Gasteiger partial charge in [-0.05, 0) is 64.5 Å². The fourth-order valence-electron chi connectivity index (χ4n) is 5.08. The minimum atomic E-state index is -0.259. The molecule has 2 fully saturated rings. The van der Waals surface area contributed by atoms with Crippen LogP contribution in [0.1, 0.15) is 58.4 Å². The summed E-state index contributed by atoms with van der Waals surface area (Å²) in [7, 11) is 1.64. The highest BCUT2D eigenvalue weighted by Gasteiger charge is 2.38. The second-order valence-corrected chi connectivity index (χ2v) is 8.44. The molecule has 0 N–H and O–H groups in total. The van der Waals surface area contributed by atoms with Gasteiger partial charge in [-0.25, -0.2) is 4.79 Å². The van der Waals surface area contributed by atoms with Crippen LogP contribution in [0.4, 0.5) is 0 Å². The number of rotatable bonds is 5. The second kappa shape index (κ2) is 9.11. The van der Waals surface area contributed by atoms with Crippen molar-refractivity contribution in [2.24, 2.45) is 0 Å². The lowest BCUT2D eigenvalue weighted by molar-refractivity contribution is -0.0274. The van der Waals surface area contributed by atoms with E-state index in [4.69, 9.17) is 13.9 Å². The van der Waals surface area contributed by atoms with Crippen molar-refractivity contribution in [3.8, 4) is 5.75 Å². The summed E-state index contributed by atoms with van der Waals surface area (Å²) >= 11 is 0. The van der Waals surface area contributed by atoms with Gasteiger partial charge in [-0.1, -0.05) is 0 Å². The van der Waals surface area contributed by atoms with E-state index in [9.17, 15) is 4.79 Å². The lowest BCUT2D eigenvalue weighted by Crippen LogP contribution is -2.52. The molecular weight excluding hydrogens is 392 g/mol. The monoisotopic (exact) mass is 424 g/mol. The molecule has 2 aliphatic rings. The molecule has 1 saturated heterocycles. The van der Waals surface area contributed by atoms with Gasteiger partial charge in [0.05, 0.1) is 18.7 Å². The van der Waals surface area contributed by atoms with E-state index in [0.29, 0.717) is 11.7 Å². The molecule has 4 rings (SSSR count). The quantitative estimate of drug-likeness (QED) is 0.712. The molecule has 7 heteroatoms. The van der Waals surface area contributed by atoms with Crippen LogP contribution in [0.2, 0.25) is 0 Å². The maximum absolute atomic E-state index is 12.5. The van der Waals surface area contributed by atoms with Crippen LogP contribution in [0.3, 0.4) is 0 Å². The average Bonchev–Trinajstić information content (AvgIpc) is 3.05. The van der Waals surface area contributed by atoms with Gasteiger partial charge >= 0.3 is 5.76 Å². The molecule has 2 aromatic rings. The first-order valence-electron chi connectivity index (χ1n) is 10.6. The minimum absolute atomic E-state index is 0. The third-order valence-corrected chi connectivity index (χ3v) is 6.82. The first kappa shape index (κ1) is 22.2. The Morgan fingerprint density at radius 3 is 2.48 bits per heavy atom. The zero-order valence-corrected chi connectivity index (χ0v) is 18.5. The van der Waals surface area contributed by atoms with E-state index >= 15 is 0 Å². The van der Waals surface area contributed by atoms with Crippen molar-refractivity contribution >= 4 is 23.5 Å². The molecule has 29 heavy (non-hydrogen) atoms. The standard InChI is InChI=1S/C22H32N2O4.ClH/c1-4-27-17-7-11-22(2,12-8-17)23-13-9-16(10-14-23)24-19-15-18(26-3)5-6-20(19)28-21(24)25;/h5-6,15-17H,4,7-14H2,1-3H3;1H. The molecular formula is C22H33ClN2O4. The third-order valence-electron chi connectivity index (χ3n) is 6.82. The molecule has 1 aromatic carbocycles. The van der Waals surface area contributed by atoms with Crippen LogP contribution in [0.15, 0.2) is 27.4 Å². The van der Waals surface area contributed by atoms with Crippen molar-refractivity contribution in [1.82, 2.24) is 9.47 Å². The maximum Gasteiger partial charge on any atom is 0.420 e. The molecule has 0 amide bonds. The summed E-state index contributed by atoms with van der Waals surface area (Å²) in [6.45, 7) is 7.33. The Morgan fingerprint density at radius 1 is 1.17 bits per heavy atom. The van der Waals surface area contributed by atoms with Gasteiger partial charge < -0.3 is 13.9 Å². The first-order chi connectivity index (χ1) is 13.5. The fourth-order valence-corrected chi connectivity index (χ4v) is 5.08. The molecule has 2 heterocycles. The van der Waals surface area contributed by atoms with Crippen LogP contribution in [0, 0.1) is 0 Å². The lowest BCUT2D eigenvalue weighted by Gasteiger charge is -2.48. The topological polar surface area (TPSA) is 56.8 Å². The summed E-state index contributed by atoms with van der Waals surface area (Å²) in [6.07, 6.45) is 7.04. The van der Waals surface area contributed by atoms with Crippen LogP contribution in [0.25, 0.3) is 11.1 Å². The van der Waals surface area contributed by atoms with Crippen LogP contribution in [0.5, 0.6) is 5.75 Å². The average molecular weight is 425 g/mol. The number of hydrogen-bond donors (Lipinski definition) is 0. The highest BCUT2D eigenvalue weighted by atomic mass is 35.5. The normalized spacial score (nSPS) is 26.4. The molecule has 1 saturated carbocycles. The Kier molecular flexibility index (Phi) is 6.97. The van der Waals surface area contributed by atoms with Crippen molar-refractivity contribution < 1.29 is 13.9 Å². The summed E-state index contributed by atoms with van der Waals surface area (Å²) in [5.41, 5.74) is 1.73. The van der Waals surface area contributed by atoms with Crippen LogP contribution < -0.4 is 10.5 Å². The van der Waals surface area contributed by atoms with E-state index in [1.54, 1.807) is 7.11 Å². The van der Waals surface area contributed by atoms with Gasteiger partial charge in [0, 0.05) is 37.3 Å². The number of methoxy groups -OCH3 is 1. The van der Waals surface area contributed by atoms with E-state index in [1.165, 1.54) is 12.8 Å². The summed E-state index contributed by atoms with van der Waals surface area (Å²) in [5.74, 6) is 0.489. The Hall–Kier alpha value is -1.50. The van der Waals surface area contributed by atoms with Gasteiger partial charge in [-0.2, -0.15) is 0 Å². The third kappa shape index (κ3) is 4.35. The lowest BCUT2D eigenvalue weighted by atomic mass is 9.79. The summed E-state index contributed by atoms with van der Waals surface area (Å²) in [5, 5.41) is 0. The van der Waals surface area contributed by atoms with Gasteiger partial charge in [-0.3, -0.25) is 9.47 Å². The summed E-state index contributed by atoms with van der Waals surface area (Å²) in [6, 6.07) is 5.74. The SMILES string of the molecule is CCOC1CCC(C)(N2CCC(n3c(=O)oc4ccc(OC)cc43)CC2)CC1.Cl. The summed E-state index contributed by atoms with van der Waals surface area (Å²) in [4.78, 5) is 15.1.